The number of aliphatic imine (C=N–C) groups is 1. The highest BCUT2D eigenvalue weighted by atomic mass is 16.6. The maximum atomic E-state index is 11.3. The second kappa shape index (κ2) is 5.62. The number of nitrogens with zero attached hydrogens (tertiary/aromatic N) is 1. The molecule has 0 atom stereocenters. The molecule has 0 unspecified atom stereocenters. The first-order valence-electron chi connectivity index (χ1n) is 5.68. The number of rotatable bonds is 2. The van der Waals surface area contributed by atoms with E-state index in [0.29, 0.717) is 6.42 Å². The molecule has 1 amide bonds. The summed E-state index contributed by atoms with van der Waals surface area (Å²) in [5.41, 5.74) is 1.85. The zero-order valence-corrected chi connectivity index (χ0v) is 10.9. The van der Waals surface area contributed by atoms with Crippen molar-refractivity contribution in [3.8, 4) is 0 Å². The summed E-state index contributed by atoms with van der Waals surface area (Å²) < 4.78 is 5.06. The predicted octanol–water partition coefficient (Wildman–Crippen LogP) is 3.54. The van der Waals surface area contributed by atoms with Crippen LogP contribution in [0.3, 0.4) is 0 Å². The molecule has 0 heterocycles. The number of hydrogen-bond donors (Lipinski definition) is 0. The molecule has 3 heteroatoms. The fraction of sp³-hybridized carbons (Fsp3) is 0.429. The van der Waals surface area contributed by atoms with Crippen molar-refractivity contribution in [2.45, 2.75) is 39.7 Å². The number of benzene rings is 1. The third kappa shape index (κ3) is 5.85. The molecule has 1 aromatic carbocycles. The van der Waals surface area contributed by atoms with Gasteiger partial charge < -0.3 is 4.74 Å². The van der Waals surface area contributed by atoms with Gasteiger partial charge in [0, 0.05) is 12.6 Å². The molecule has 92 valence electrons. The Hall–Kier alpha value is -1.64. The third-order valence-corrected chi connectivity index (χ3v) is 2.00. The molecule has 0 radical (unpaired) electrons. The molecule has 3 nitrogen and oxygen atoms in total. The summed E-state index contributed by atoms with van der Waals surface area (Å²) in [5.74, 6) is 0. The van der Waals surface area contributed by atoms with Crippen molar-refractivity contribution < 1.29 is 9.53 Å². The first-order chi connectivity index (χ1) is 7.87. The fourth-order valence-electron chi connectivity index (χ4n) is 1.35. The minimum absolute atomic E-state index is 0.488. The molecular weight excluding hydrogens is 214 g/mol. The van der Waals surface area contributed by atoms with E-state index in [9.17, 15) is 4.79 Å². The van der Waals surface area contributed by atoms with Gasteiger partial charge >= 0.3 is 6.09 Å². The molecule has 0 aliphatic carbocycles. The molecule has 0 saturated heterocycles. The topological polar surface area (TPSA) is 38.7 Å². The lowest BCUT2D eigenvalue weighted by Crippen LogP contribution is -2.21. The van der Waals surface area contributed by atoms with Gasteiger partial charge in [-0.3, -0.25) is 0 Å². The summed E-state index contributed by atoms with van der Waals surface area (Å²) in [7, 11) is 0. The molecule has 0 saturated carbocycles. The smallest absolute Gasteiger partial charge is 0.433 e. The SMILES string of the molecule is Cc1cccc(CC=NC(=O)OC(C)(C)C)c1. The maximum absolute atomic E-state index is 11.3. The van der Waals surface area contributed by atoms with Crippen molar-refractivity contribution in [2.75, 3.05) is 0 Å². The molecular formula is C14H19NO2. The van der Waals surface area contributed by atoms with Crippen molar-refractivity contribution in [2.24, 2.45) is 4.99 Å². The van der Waals surface area contributed by atoms with Gasteiger partial charge in [-0.1, -0.05) is 29.8 Å². The van der Waals surface area contributed by atoms with Crippen LogP contribution in [0.1, 0.15) is 31.9 Å². The Balaban J connectivity index is 2.48. The number of carbonyl (C=O) groups excluding carboxylic acids is 1. The predicted molar refractivity (Wildman–Crippen MR) is 69.6 cm³/mol. The monoisotopic (exact) mass is 233 g/mol. The van der Waals surface area contributed by atoms with E-state index in [4.69, 9.17) is 4.74 Å². The van der Waals surface area contributed by atoms with Gasteiger partial charge in [0.2, 0.25) is 0 Å². The van der Waals surface area contributed by atoms with E-state index in [-0.39, 0.29) is 0 Å². The normalized spacial score (nSPS) is 11.8. The van der Waals surface area contributed by atoms with Crippen molar-refractivity contribution >= 4 is 12.3 Å². The van der Waals surface area contributed by atoms with Crippen LogP contribution in [0.25, 0.3) is 0 Å². The van der Waals surface area contributed by atoms with Crippen LogP contribution in [0.4, 0.5) is 4.79 Å². The Kier molecular flexibility index (Phi) is 4.44. The van der Waals surface area contributed by atoms with E-state index >= 15 is 0 Å². The Labute approximate surface area is 103 Å². The summed E-state index contributed by atoms with van der Waals surface area (Å²) in [4.78, 5) is 15.0. The van der Waals surface area contributed by atoms with Gasteiger partial charge in [-0.05, 0) is 33.3 Å². The summed E-state index contributed by atoms with van der Waals surface area (Å²) in [6, 6.07) is 8.11. The largest absolute Gasteiger partial charge is 0.442 e. The second-order valence-corrected chi connectivity index (χ2v) is 4.99. The van der Waals surface area contributed by atoms with E-state index < -0.39 is 11.7 Å². The van der Waals surface area contributed by atoms with E-state index in [1.807, 2.05) is 45.9 Å². The third-order valence-electron chi connectivity index (χ3n) is 2.00. The Morgan fingerprint density at radius 1 is 1.41 bits per heavy atom. The highest BCUT2D eigenvalue weighted by Gasteiger charge is 2.14. The van der Waals surface area contributed by atoms with Gasteiger partial charge in [-0.2, -0.15) is 4.99 Å². The van der Waals surface area contributed by atoms with Gasteiger partial charge in [0.1, 0.15) is 5.60 Å². The van der Waals surface area contributed by atoms with Crippen LogP contribution >= 0.6 is 0 Å². The van der Waals surface area contributed by atoms with Crippen LogP contribution in [-0.2, 0) is 11.2 Å². The molecule has 0 fully saturated rings. The molecule has 0 N–H and O–H groups in total. The Morgan fingerprint density at radius 2 is 2.12 bits per heavy atom. The zero-order valence-electron chi connectivity index (χ0n) is 10.9. The van der Waals surface area contributed by atoms with Crippen molar-refractivity contribution in [3.63, 3.8) is 0 Å². The molecule has 0 aromatic heterocycles. The highest BCUT2D eigenvalue weighted by Crippen LogP contribution is 2.08. The number of amides is 1. The lowest BCUT2D eigenvalue weighted by Gasteiger charge is -2.17. The molecule has 0 spiro atoms. The number of hydrogen-bond acceptors (Lipinski definition) is 2. The average Bonchev–Trinajstić information content (AvgIpc) is 2.14. The molecule has 1 aromatic rings. The lowest BCUT2D eigenvalue weighted by atomic mass is 10.1. The number of ether oxygens (including phenoxy) is 1. The van der Waals surface area contributed by atoms with E-state index in [0.717, 1.165) is 5.56 Å². The van der Waals surface area contributed by atoms with Crippen LogP contribution in [-0.4, -0.2) is 17.9 Å². The zero-order chi connectivity index (χ0) is 12.9. The van der Waals surface area contributed by atoms with Gasteiger partial charge in [0.05, 0.1) is 0 Å². The fourth-order valence-corrected chi connectivity index (χ4v) is 1.35. The Bertz CT molecular complexity index is 416. The number of carbonyl (C=O) groups is 1. The maximum Gasteiger partial charge on any atom is 0.433 e. The van der Waals surface area contributed by atoms with Gasteiger partial charge in [-0.15, -0.1) is 0 Å². The molecule has 0 aliphatic heterocycles. The summed E-state index contributed by atoms with van der Waals surface area (Å²) in [5, 5.41) is 0. The molecule has 0 aliphatic rings. The van der Waals surface area contributed by atoms with E-state index in [2.05, 4.69) is 11.1 Å². The Morgan fingerprint density at radius 3 is 2.71 bits per heavy atom. The van der Waals surface area contributed by atoms with Crippen LogP contribution in [0.2, 0.25) is 0 Å². The molecule has 17 heavy (non-hydrogen) atoms. The van der Waals surface area contributed by atoms with Gasteiger partial charge in [0.15, 0.2) is 0 Å². The van der Waals surface area contributed by atoms with Crippen LogP contribution in [0.5, 0.6) is 0 Å². The minimum Gasteiger partial charge on any atom is -0.442 e. The first-order valence-corrected chi connectivity index (χ1v) is 5.68. The molecule has 0 bridgehead atoms. The minimum atomic E-state index is -0.537. The van der Waals surface area contributed by atoms with E-state index in [1.54, 1.807) is 6.21 Å². The quantitative estimate of drug-likeness (QED) is 0.733. The van der Waals surface area contributed by atoms with Crippen LogP contribution in [0, 0.1) is 6.92 Å². The second-order valence-electron chi connectivity index (χ2n) is 4.99. The van der Waals surface area contributed by atoms with Gasteiger partial charge in [0.25, 0.3) is 0 Å². The van der Waals surface area contributed by atoms with Crippen molar-refractivity contribution in [1.29, 1.82) is 0 Å². The van der Waals surface area contributed by atoms with Gasteiger partial charge in [-0.25, -0.2) is 4.79 Å². The first kappa shape index (κ1) is 13.4. The highest BCUT2D eigenvalue weighted by molar-refractivity contribution is 5.80. The summed E-state index contributed by atoms with van der Waals surface area (Å²) in [6.07, 6.45) is 1.69. The summed E-state index contributed by atoms with van der Waals surface area (Å²) in [6.45, 7) is 7.50. The molecule has 1 rings (SSSR count). The lowest BCUT2D eigenvalue weighted by molar-refractivity contribution is 0.0605. The van der Waals surface area contributed by atoms with Crippen molar-refractivity contribution in [1.82, 2.24) is 0 Å². The average molecular weight is 233 g/mol. The van der Waals surface area contributed by atoms with Crippen LogP contribution < -0.4 is 0 Å². The summed E-state index contributed by atoms with van der Waals surface area (Å²) >= 11 is 0. The standard InChI is InChI=1S/C14H19NO2/c1-11-6-5-7-12(10-11)8-9-15-13(16)17-14(2,3)4/h5-7,9-10H,8H2,1-4H3. The van der Waals surface area contributed by atoms with Crippen LogP contribution in [0.15, 0.2) is 29.3 Å². The van der Waals surface area contributed by atoms with Crippen molar-refractivity contribution in [3.05, 3.63) is 35.4 Å². The van der Waals surface area contributed by atoms with E-state index in [1.165, 1.54) is 5.56 Å². The number of aryl methyl sites for hydroxylation is 1.